The molecule has 0 saturated carbocycles. The minimum atomic E-state index is -0.0900. The van der Waals surface area contributed by atoms with Gasteiger partial charge in [-0.1, -0.05) is 63.4 Å². The molecule has 2 aliphatic heterocycles. The summed E-state index contributed by atoms with van der Waals surface area (Å²) >= 11 is 7.65. The van der Waals surface area contributed by atoms with Crippen LogP contribution in [0, 0.1) is 6.92 Å². The summed E-state index contributed by atoms with van der Waals surface area (Å²) in [6, 6.07) is 13.7. The van der Waals surface area contributed by atoms with E-state index in [-0.39, 0.29) is 10.8 Å². The maximum Gasteiger partial charge on any atom is 0.209 e. The predicted octanol–water partition coefficient (Wildman–Crippen LogP) is 8.84. The highest BCUT2D eigenvalue weighted by Crippen LogP contribution is 2.48. The van der Waals surface area contributed by atoms with Crippen molar-refractivity contribution in [2.75, 3.05) is 73.4 Å². The van der Waals surface area contributed by atoms with Gasteiger partial charge in [0.15, 0.2) is 12.3 Å². The summed E-state index contributed by atoms with van der Waals surface area (Å²) in [7, 11) is 13.7. The zero-order valence-corrected chi connectivity index (χ0v) is 32.2. The lowest BCUT2D eigenvalue weighted by Crippen LogP contribution is -2.37. The number of fused-ring (bicyclic) bond motifs is 2. The second-order valence-corrected chi connectivity index (χ2v) is 17.6. The molecule has 0 saturated heterocycles. The largest absolute Gasteiger partial charge is 0.344 e. The smallest absolute Gasteiger partial charge is 0.209 e. The Balaban J connectivity index is 1.67. The number of aryl methyl sites for hydroxylation is 1. The molecular formula is C38H55Br2N4+3. The van der Waals surface area contributed by atoms with E-state index >= 15 is 0 Å². The van der Waals surface area contributed by atoms with Crippen molar-refractivity contribution in [2.24, 2.45) is 0 Å². The average Bonchev–Trinajstić information content (AvgIpc) is 3.22. The highest BCUT2D eigenvalue weighted by atomic mass is 79.9. The van der Waals surface area contributed by atoms with Gasteiger partial charge in [0, 0.05) is 56.4 Å². The summed E-state index contributed by atoms with van der Waals surface area (Å²) < 4.78 is 6.71. The first-order chi connectivity index (χ1) is 20.3. The van der Waals surface area contributed by atoms with E-state index in [1.165, 1.54) is 39.5 Å². The Labute approximate surface area is 284 Å². The lowest BCUT2D eigenvalue weighted by molar-refractivity contribution is -0.871. The topological polar surface area (TPSA) is 6.25 Å². The molecule has 238 valence electrons. The summed E-state index contributed by atoms with van der Waals surface area (Å²) in [5.74, 6) is 0. The number of hydrogen-bond acceptors (Lipinski definition) is 1. The van der Waals surface area contributed by atoms with Crippen LogP contribution < -0.4 is 4.90 Å². The number of benzene rings is 2. The van der Waals surface area contributed by atoms with Crippen molar-refractivity contribution in [1.29, 1.82) is 0 Å². The summed E-state index contributed by atoms with van der Waals surface area (Å²) in [6.07, 6.45) is 11.4. The fraction of sp³-hybridized carbons (Fsp3) is 0.500. The van der Waals surface area contributed by atoms with Gasteiger partial charge in [-0.15, -0.1) is 0 Å². The van der Waals surface area contributed by atoms with E-state index in [0.717, 1.165) is 56.9 Å². The van der Waals surface area contributed by atoms with Gasteiger partial charge in [-0.2, -0.15) is 4.58 Å². The Morgan fingerprint density at radius 3 is 2.18 bits per heavy atom. The van der Waals surface area contributed by atoms with Crippen LogP contribution in [-0.2, 0) is 10.8 Å². The van der Waals surface area contributed by atoms with Crippen molar-refractivity contribution >= 4 is 48.9 Å². The van der Waals surface area contributed by atoms with E-state index in [2.05, 4.69) is 179 Å². The number of anilines is 1. The normalized spacial score (nSPS) is 19.0. The molecule has 2 aromatic carbocycles. The van der Waals surface area contributed by atoms with Crippen LogP contribution in [0.25, 0.3) is 0 Å². The summed E-state index contributed by atoms with van der Waals surface area (Å²) in [5.41, 5.74) is 9.35. The molecule has 0 N–H and O–H groups in total. The Kier molecular flexibility index (Phi) is 10.3. The van der Waals surface area contributed by atoms with Gasteiger partial charge in [0.25, 0.3) is 0 Å². The Hall–Kier alpha value is -1.99. The van der Waals surface area contributed by atoms with Gasteiger partial charge in [0.2, 0.25) is 5.69 Å². The number of quaternary nitrogens is 2. The predicted molar refractivity (Wildman–Crippen MR) is 198 cm³/mol. The van der Waals surface area contributed by atoms with Crippen molar-refractivity contribution < 1.29 is 13.5 Å². The molecule has 0 aromatic heterocycles. The van der Waals surface area contributed by atoms with Crippen LogP contribution in [0.5, 0.6) is 0 Å². The monoisotopic (exact) mass is 725 g/mol. The van der Waals surface area contributed by atoms with Gasteiger partial charge in [-0.25, -0.2) is 0 Å². The van der Waals surface area contributed by atoms with E-state index in [1.807, 2.05) is 0 Å². The third-order valence-electron chi connectivity index (χ3n) is 9.12. The second kappa shape index (κ2) is 13.0. The number of nitrogens with zero attached hydrogens (tertiary/aromatic N) is 4. The lowest BCUT2D eigenvalue weighted by Gasteiger charge is -2.29. The van der Waals surface area contributed by atoms with Crippen LogP contribution >= 0.6 is 31.9 Å². The van der Waals surface area contributed by atoms with Crippen LogP contribution in [0.3, 0.4) is 0 Å². The quantitative estimate of drug-likeness (QED) is 0.127. The van der Waals surface area contributed by atoms with E-state index in [9.17, 15) is 0 Å². The van der Waals surface area contributed by atoms with Gasteiger partial charge in [-0.05, 0) is 62.8 Å². The van der Waals surface area contributed by atoms with Crippen molar-refractivity contribution in [2.45, 2.75) is 58.3 Å². The highest BCUT2D eigenvalue weighted by molar-refractivity contribution is 9.12. The molecule has 0 unspecified atom stereocenters. The summed E-state index contributed by atoms with van der Waals surface area (Å²) in [4.78, 5) is 2.56. The van der Waals surface area contributed by atoms with E-state index in [1.54, 1.807) is 0 Å². The van der Waals surface area contributed by atoms with E-state index in [0.29, 0.717) is 0 Å². The maximum atomic E-state index is 3.93. The molecule has 0 fully saturated rings. The van der Waals surface area contributed by atoms with Gasteiger partial charge in [0.1, 0.15) is 0 Å². The fourth-order valence-corrected chi connectivity index (χ4v) is 7.32. The molecule has 44 heavy (non-hydrogen) atoms. The zero-order chi connectivity index (χ0) is 32.7. The van der Waals surface area contributed by atoms with Gasteiger partial charge in [0.05, 0.1) is 67.2 Å². The van der Waals surface area contributed by atoms with Crippen molar-refractivity contribution in [3.8, 4) is 0 Å². The first-order valence-corrected chi connectivity index (χ1v) is 17.6. The minimum Gasteiger partial charge on any atom is -0.344 e. The Bertz CT molecular complexity index is 1510. The Morgan fingerprint density at radius 1 is 0.864 bits per heavy atom. The van der Waals surface area contributed by atoms with Crippen LogP contribution in [0.15, 0.2) is 75.4 Å². The van der Waals surface area contributed by atoms with Crippen LogP contribution in [0.2, 0.25) is 0 Å². The molecule has 0 aliphatic carbocycles. The molecule has 2 aromatic rings. The molecule has 2 heterocycles. The molecule has 0 bridgehead atoms. The third kappa shape index (κ3) is 7.86. The minimum absolute atomic E-state index is 0.0645. The number of allylic oxidation sites excluding steroid dienone is 6. The number of rotatable bonds is 11. The van der Waals surface area contributed by atoms with Gasteiger partial charge >= 0.3 is 0 Å². The molecule has 0 spiro atoms. The highest BCUT2D eigenvalue weighted by Gasteiger charge is 2.44. The summed E-state index contributed by atoms with van der Waals surface area (Å²) in [6.45, 7) is 16.0. The maximum absolute atomic E-state index is 3.93. The molecule has 6 heteroatoms. The lowest BCUT2D eigenvalue weighted by atomic mass is 9.81. The van der Waals surface area contributed by atoms with Crippen molar-refractivity contribution in [3.63, 3.8) is 0 Å². The number of hydrogen-bond donors (Lipinski definition) is 0. The molecule has 4 nitrogen and oxygen atoms in total. The first-order valence-electron chi connectivity index (χ1n) is 16.0. The standard InChI is InChI=1S/C38H55Br2N4/c1-28-14-18-33-31(26-28)37(2,3)35(41(33)22-12-24-43(6,7)8)20-16-29(39)17-21-36-38(4,5)32-27-30(40)15-19-34(32)42(36)23-13-25-44(9,10)11/h14-21,26-27H,12-13,22-25H2,1-11H3/q+3. The van der Waals surface area contributed by atoms with Gasteiger partial charge < -0.3 is 13.9 Å². The fourth-order valence-electron chi connectivity index (χ4n) is 6.70. The van der Waals surface area contributed by atoms with Crippen LogP contribution in [0.4, 0.5) is 11.4 Å². The van der Waals surface area contributed by atoms with Crippen LogP contribution in [0.1, 0.15) is 57.2 Å². The first kappa shape index (κ1) is 34.9. The Morgan fingerprint density at radius 2 is 1.52 bits per heavy atom. The molecule has 2 aliphatic rings. The van der Waals surface area contributed by atoms with Gasteiger partial charge in [-0.3, -0.25) is 0 Å². The molecular weight excluding hydrogens is 672 g/mol. The molecule has 4 rings (SSSR count). The third-order valence-corrected chi connectivity index (χ3v) is 10.1. The number of halogens is 2. The molecule has 0 amide bonds. The molecule has 0 radical (unpaired) electrons. The van der Waals surface area contributed by atoms with Crippen molar-refractivity contribution in [3.05, 3.63) is 92.0 Å². The zero-order valence-electron chi connectivity index (χ0n) is 29.1. The second-order valence-electron chi connectivity index (χ2n) is 15.8. The van der Waals surface area contributed by atoms with Crippen LogP contribution in [-0.4, -0.2) is 87.7 Å². The average molecular weight is 728 g/mol. The van der Waals surface area contributed by atoms with Crippen molar-refractivity contribution in [1.82, 2.24) is 0 Å². The summed E-state index contributed by atoms with van der Waals surface area (Å²) in [5, 5.41) is 0. The molecule has 0 atom stereocenters. The van der Waals surface area contributed by atoms with E-state index < -0.39 is 0 Å². The SMILES string of the molecule is Cc1ccc2c(c1)C(C)(C)\C(=C/C=C(Br)/C=C/C1=[N+](CCC[N+](C)(C)C)c3ccc(Br)cc3C1(C)C)N2CCC[N+](C)(C)C. The van der Waals surface area contributed by atoms with E-state index in [4.69, 9.17) is 0 Å².